The predicted molar refractivity (Wildman–Crippen MR) is 76.5 cm³/mol. The summed E-state index contributed by atoms with van der Waals surface area (Å²) >= 11 is 0. The molecule has 2 aromatic carbocycles. The number of hydrogen-bond acceptors (Lipinski definition) is 3. The standard InChI is InChI=1S/C15H13NO3S/c1-11-6-8-12(9-7-11)20(18,19)16-10-15(17)13-4-2-3-5-14(13)16/h2-9H,10H2,1H3. The summed E-state index contributed by atoms with van der Waals surface area (Å²) in [5.41, 5.74) is 1.91. The molecule has 0 aromatic heterocycles. The van der Waals surface area contributed by atoms with Gasteiger partial charge >= 0.3 is 0 Å². The van der Waals surface area contributed by atoms with E-state index in [2.05, 4.69) is 0 Å². The Morgan fingerprint density at radius 2 is 1.65 bits per heavy atom. The van der Waals surface area contributed by atoms with Gasteiger partial charge in [0.05, 0.1) is 17.1 Å². The van der Waals surface area contributed by atoms with Crippen LogP contribution < -0.4 is 4.31 Å². The van der Waals surface area contributed by atoms with Crippen molar-refractivity contribution in [3.8, 4) is 0 Å². The van der Waals surface area contributed by atoms with Gasteiger partial charge in [-0.15, -0.1) is 0 Å². The molecule has 5 heteroatoms. The van der Waals surface area contributed by atoms with Crippen LogP contribution in [0.4, 0.5) is 5.69 Å². The molecule has 20 heavy (non-hydrogen) atoms. The summed E-state index contributed by atoms with van der Waals surface area (Å²) in [6.45, 7) is 1.76. The fourth-order valence-corrected chi connectivity index (χ4v) is 3.72. The van der Waals surface area contributed by atoms with E-state index in [-0.39, 0.29) is 17.2 Å². The maximum atomic E-state index is 12.6. The molecule has 102 valence electrons. The predicted octanol–water partition coefficient (Wildman–Crippen LogP) is 2.39. The van der Waals surface area contributed by atoms with Crippen LogP contribution in [-0.4, -0.2) is 20.7 Å². The van der Waals surface area contributed by atoms with Crippen molar-refractivity contribution in [3.63, 3.8) is 0 Å². The Hall–Kier alpha value is -2.14. The number of benzene rings is 2. The molecule has 0 atom stereocenters. The molecule has 0 saturated carbocycles. The zero-order chi connectivity index (χ0) is 14.3. The highest BCUT2D eigenvalue weighted by Crippen LogP contribution is 2.32. The van der Waals surface area contributed by atoms with Gasteiger partial charge in [0.15, 0.2) is 5.78 Å². The van der Waals surface area contributed by atoms with Crippen LogP contribution in [0.5, 0.6) is 0 Å². The molecule has 0 fully saturated rings. The number of sulfonamides is 1. The van der Waals surface area contributed by atoms with Crippen LogP contribution in [0.2, 0.25) is 0 Å². The highest BCUT2D eigenvalue weighted by molar-refractivity contribution is 7.93. The summed E-state index contributed by atoms with van der Waals surface area (Å²) < 4.78 is 26.4. The molecule has 0 saturated heterocycles. The van der Waals surface area contributed by atoms with Crippen molar-refractivity contribution in [2.24, 2.45) is 0 Å². The topological polar surface area (TPSA) is 54.5 Å². The molecule has 0 aliphatic carbocycles. The van der Waals surface area contributed by atoms with E-state index >= 15 is 0 Å². The number of carbonyl (C=O) groups is 1. The lowest BCUT2D eigenvalue weighted by Crippen LogP contribution is -2.30. The summed E-state index contributed by atoms with van der Waals surface area (Å²) in [5.74, 6) is -0.170. The number of Topliss-reactive ketones (excluding diaryl/α,β-unsaturated/α-hetero) is 1. The van der Waals surface area contributed by atoms with Gasteiger partial charge in [0.2, 0.25) is 0 Å². The van der Waals surface area contributed by atoms with Gasteiger partial charge in [-0.2, -0.15) is 0 Å². The second-order valence-corrected chi connectivity index (χ2v) is 6.63. The third-order valence-electron chi connectivity index (χ3n) is 3.37. The minimum atomic E-state index is -3.69. The average Bonchev–Trinajstić information content (AvgIpc) is 2.78. The normalized spacial score (nSPS) is 14.4. The summed E-state index contributed by atoms with van der Waals surface area (Å²) in [6.07, 6.45) is 0. The SMILES string of the molecule is Cc1ccc(S(=O)(=O)N2CC(=O)c3ccccc32)cc1. The van der Waals surface area contributed by atoms with E-state index in [4.69, 9.17) is 0 Å². The lowest BCUT2D eigenvalue weighted by Gasteiger charge is -2.18. The zero-order valence-electron chi connectivity index (χ0n) is 10.9. The molecule has 0 radical (unpaired) electrons. The van der Waals surface area contributed by atoms with Crippen LogP contribution in [0, 0.1) is 6.92 Å². The highest BCUT2D eigenvalue weighted by Gasteiger charge is 2.35. The first-order valence-electron chi connectivity index (χ1n) is 6.22. The zero-order valence-corrected chi connectivity index (χ0v) is 11.7. The Balaban J connectivity index is 2.10. The van der Waals surface area contributed by atoms with Crippen molar-refractivity contribution in [2.75, 3.05) is 10.8 Å². The number of fused-ring (bicyclic) bond motifs is 1. The van der Waals surface area contributed by atoms with Gasteiger partial charge < -0.3 is 0 Å². The van der Waals surface area contributed by atoms with E-state index in [1.807, 2.05) is 6.92 Å². The van der Waals surface area contributed by atoms with Crippen LogP contribution >= 0.6 is 0 Å². The number of anilines is 1. The lowest BCUT2D eigenvalue weighted by atomic mass is 10.1. The molecule has 0 N–H and O–H groups in total. The first-order chi connectivity index (χ1) is 9.50. The quantitative estimate of drug-likeness (QED) is 0.852. The van der Waals surface area contributed by atoms with Crippen LogP contribution in [0.25, 0.3) is 0 Å². The van der Waals surface area contributed by atoms with E-state index in [0.717, 1.165) is 5.56 Å². The molecule has 0 bridgehead atoms. The fourth-order valence-electron chi connectivity index (χ4n) is 2.28. The van der Waals surface area contributed by atoms with Crippen molar-refractivity contribution < 1.29 is 13.2 Å². The second-order valence-electron chi connectivity index (χ2n) is 4.77. The average molecular weight is 287 g/mol. The first-order valence-corrected chi connectivity index (χ1v) is 7.66. The molecular weight excluding hydrogens is 274 g/mol. The van der Waals surface area contributed by atoms with Crippen LogP contribution in [0.1, 0.15) is 15.9 Å². The van der Waals surface area contributed by atoms with Crippen LogP contribution in [0.15, 0.2) is 53.4 Å². The Kier molecular flexibility index (Phi) is 2.87. The van der Waals surface area contributed by atoms with Gasteiger partial charge in [-0.3, -0.25) is 9.10 Å². The van der Waals surface area contributed by atoms with Gasteiger partial charge in [-0.1, -0.05) is 29.8 Å². The number of para-hydroxylation sites is 1. The van der Waals surface area contributed by atoms with E-state index in [1.165, 1.54) is 4.31 Å². The monoisotopic (exact) mass is 287 g/mol. The molecule has 1 heterocycles. The molecule has 0 unspecified atom stereocenters. The van der Waals surface area contributed by atoms with Crippen LogP contribution in [0.3, 0.4) is 0 Å². The lowest BCUT2D eigenvalue weighted by molar-refractivity contribution is 0.101. The van der Waals surface area contributed by atoms with Crippen LogP contribution in [-0.2, 0) is 10.0 Å². The molecule has 1 aliphatic heterocycles. The molecule has 2 aromatic rings. The Morgan fingerprint density at radius 3 is 2.35 bits per heavy atom. The van der Waals surface area contributed by atoms with Gasteiger partial charge in [0.1, 0.15) is 0 Å². The van der Waals surface area contributed by atoms with Crippen molar-refractivity contribution in [1.29, 1.82) is 0 Å². The highest BCUT2D eigenvalue weighted by atomic mass is 32.2. The Bertz CT molecular complexity index is 779. The van der Waals surface area contributed by atoms with E-state index in [1.54, 1.807) is 48.5 Å². The maximum absolute atomic E-state index is 12.6. The number of ketones is 1. The smallest absolute Gasteiger partial charge is 0.264 e. The molecule has 1 aliphatic rings. The Labute approximate surface area is 117 Å². The first kappa shape index (κ1) is 12.9. The Morgan fingerprint density at radius 1 is 1.00 bits per heavy atom. The minimum Gasteiger partial charge on any atom is -0.292 e. The number of rotatable bonds is 2. The van der Waals surface area contributed by atoms with Gasteiger partial charge in [0, 0.05) is 5.56 Å². The van der Waals surface area contributed by atoms with Crippen molar-refractivity contribution >= 4 is 21.5 Å². The van der Waals surface area contributed by atoms with Crippen molar-refractivity contribution in [1.82, 2.24) is 0 Å². The second kappa shape index (κ2) is 4.45. The number of nitrogens with zero attached hydrogens (tertiary/aromatic N) is 1. The summed E-state index contributed by atoms with van der Waals surface area (Å²) in [5, 5.41) is 0. The molecule has 0 amide bonds. The number of aryl methyl sites for hydroxylation is 1. The molecule has 4 nitrogen and oxygen atoms in total. The third-order valence-corrected chi connectivity index (χ3v) is 5.14. The van der Waals surface area contributed by atoms with Crippen molar-refractivity contribution in [3.05, 3.63) is 59.7 Å². The van der Waals surface area contributed by atoms with Gasteiger partial charge in [0.25, 0.3) is 10.0 Å². The fraction of sp³-hybridized carbons (Fsp3) is 0.133. The number of carbonyl (C=O) groups excluding carboxylic acids is 1. The number of hydrogen-bond donors (Lipinski definition) is 0. The van der Waals surface area contributed by atoms with Gasteiger partial charge in [-0.25, -0.2) is 8.42 Å². The van der Waals surface area contributed by atoms with E-state index in [9.17, 15) is 13.2 Å². The summed E-state index contributed by atoms with van der Waals surface area (Å²) in [4.78, 5) is 12.1. The maximum Gasteiger partial charge on any atom is 0.264 e. The van der Waals surface area contributed by atoms with Gasteiger partial charge in [-0.05, 0) is 31.2 Å². The summed E-state index contributed by atoms with van der Waals surface area (Å²) in [6, 6.07) is 13.4. The molecule has 0 spiro atoms. The molecule has 3 rings (SSSR count). The third kappa shape index (κ3) is 1.91. The molecular formula is C15H13NO3S. The van der Waals surface area contributed by atoms with E-state index in [0.29, 0.717) is 11.3 Å². The minimum absolute atomic E-state index is 0.129. The van der Waals surface area contributed by atoms with E-state index < -0.39 is 10.0 Å². The largest absolute Gasteiger partial charge is 0.292 e. The van der Waals surface area contributed by atoms with Crippen molar-refractivity contribution in [2.45, 2.75) is 11.8 Å². The summed E-state index contributed by atoms with van der Waals surface area (Å²) in [7, 11) is -3.69.